The monoisotopic (exact) mass is 366 g/mol. The van der Waals surface area contributed by atoms with Gasteiger partial charge in [-0.05, 0) is 42.5 Å². The maximum atomic E-state index is 12.9. The van der Waals surface area contributed by atoms with Crippen LogP contribution in [0.5, 0.6) is 11.5 Å². The molecular formula is C20H18N2O5. The number of amides is 1. The normalized spacial score (nSPS) is 16.3. The number of hydrazone groups is 1. The van der Waals surface area contributed by atoms with Gasteiger partial charge in [0.1, 0.15) is 11.8 Å². The molecule has 3 heterocycles. The average Bonchev–Trinajstić information content (AvgIpc) is 3.47. The minimum absolute atomic E-state index is 0.226. The predicted molar refractivity (Wildman–Crippen MR) is 97.0 cm³/mol. The first-order valence-electron chi connectivity index (χ1n) is 8.41. The minimum Gasteiger partial charge on any atom is -0.493 e. The second-order valence-corrected chi connectivity index (χ2v) is 5.98. The summed E-state index contributed by atoms with van der Waals surface area (Å²) in [6, 6.07) is 12.1. The van der Waals surface area contributed by atoms with Gasteiger partial charge in [0.15, 0.2) is 17.3 Å². The molecule has 0 N–H and O–H groups in total. The Labute approximate surface area is 155 Å². The van der Waals surface area contributed by atoms with E-state index in [0.717, 1.165) is 11.3 Å². The van der Waals surface area contributed by atoms with Gasteiger partial charge in [0.25, 0.3) is 0 Å². The third-order valence-electron chi connectivity index (χ3n) is 4.44. The van der Waals surface area contributed by atoms with Gasteiger partial charge in [0, 0.05) is 12.0 Å². The number of methoxy groups -OCH3 is 2. The molecule has 2 aromatic heterocycles. The van der Waals surface area contributed by atoms with E-state index in [4.69, 9.17) is 18.3 Å². The van der Waals surface area contributed by atoms with Crippen LogP contribution in [0.25, 0.3) is 0 Å². The molecule has 3 aromatic rings. The van der Waals surface area contributed by atoms with E-state index in [2.05, 4.69) is 5.10 Å². The van der Waals surface area contributed by atoms with Gasteiger partial charge >= 0.3 is 5.91 Å². The standard InChI is InChI=1S/C20H18N2O5/c1-24-17-8-7-13(11-19(17)25-2)14-12-15(16-5-3-9-26-16)22(21-14)20(23)18-6-4-10-27-18/h3-11,15H,12H2,1-2H3/t15-/m1/s1. The van der Waals surface area contributed by atoms with Crippen LogP contribution in [-0.4, -0.2) is 30.8 Å². The lowest BCUT2D eigenvalue weighted by Crippen LogP contribution is -2.26. The summed E-state index contributed by atoms with van der Waals surface area (Å²) in [6.07, 6.45) is 3.55. The second kappa shape index (κ2) is 7.03. The quantitative estimate of drug-likeness (QED) is 0.685. The first-order valence-corrected chi connectivity index (χ1v) is 8.41. The van der Waals surface area contributed by atoms with E-state index in [1.54, 1.807) is 38.7 Å². The summed E-state index contributed by atoms with van der Waals surface area (Å²) in [7, 11) is 3.16. The SMILES string of the molecule is COc1ccc(C2=NN(C(=O)c3ccco3)[C@@H](c3ccco3)C2)cc1OC. The molecule has 0 saturated heterocycles. The summed E-state index contributed by atoms with van der Waals surface area (Å²) in [5.41, 5.74) is 1.59. The van der Waals surface area contributed by atoms with Gasteiger partial charge in [-0.25, -0.2) is 5.01 Å². The van der Waals surface area contributed by atoms with Crippen LogP contribution in [0, 0.1) is 0 Å². The van der Waals surface area contributed by atoms with E-state index in [0.29, 0.717) is 23.7 Å². The number of ether oxygens (including phenoxy) is 2. The predicted octanol–water partition coefficient (Wildman–Crippen LogP) is 3.88. The van der Waals surface area contributed by atoms with E-state index in [1.807, 2.05) is 24.3 Å². The average molecular weight is 366 g/mol. The van der Waals surface area contributed by atoms with Gasteiger partial charge in [0.05, 0.1) is 32.5 Å². The van der Waals surface area contributed by atoms with E-state index < -0.39 is 0 Å². The highest BCUT2D eigenvalue weighted by molar-refractivity contribution is 6.04. The molecule has 7 nitrogen and oxygen atoms in total. The highest BCUT2D eigenvalue weighted by Crippen LogP contribution is 2.36. The van der Waals surface area contributed by atoms with Gasteiger partial charge in [-0.1, -0.05) is 0 Å². The summed E-state index contributed by atoms with van der Waals surface area (Å²) in [5.74, 6) is 1.80. The fourth-order valence-corrected chi connectivity index (χ4v) is 3.10. The molecule has 0 radical (unpaired) electrons. The number of benzene rings is 1. The third kappa shape index (κ3) is 3.08. The van der Waals surface area contributed by atoms with Crippen LogP contribution in [0.2, 0.25) is 0 Å². The number of nitrogens with zero attached hydrogens (tertiary/aromatic N) is 2. The Morgan fingerprint density at radius 2 is 1.85 bits per heavy atom. The summed E-state index contributed by atoms with van der Waals surface area (Å²) >= 11 is 0. The summed E-state index contributed by atoms with van der Waals surface area (Å²) < 4.78 is 21.5. The Balaban J connectivity index is 1.71. The van der Waals surface area contributed by atoms with Crippen LogP contribution in [0.4, 0.5) is 0 Å². The Hall–Kier alpha value is -3.48. The first kappa shape index (κ1) is 17.0. The maximum absolute atomic E-state index is 12.9. The van der Waals surface area contributed by atoms with Crippen LogP contribution in [0.1, 0.15) is 34.3 Å². The van der Waals surface area contributed by atoms with Crippen LogP contribution < -0.4 is 9.47 Å². The molecule has 1 amide bonds. The molecule has 1 aliphatic heterocycles. The van der Waals surface area contributed by atoms with E-state index in [-0.39, 0.29) is 17.7 Å². The second-order valence-electron chi connectivity index (χ2n) is 5.98. The summed E-state index contributed by atoms with van der Waals surface area (Å²) in [6.45, 7) is 0. The Morgan fingerprint density at radius 3 is 2.52 bits per heavy atom. The fraction of sp³-hybridized carbons (Fsp3) is 0.200. The fourth-order valence-electron chi connectivity index (χ4n) is 3.10. The Bertz CT molecular complexity index is 960. The maximum Gasteiger partial charge on any atom is 0.310 e. The smallest absolute Gasteiger partial charge is 0.310 e. The molecule has 0 unspecified atom stereocenters. The summed E-state index contributed by atoms with van der Waals surface area (Å²) in [5, 5.41) is 5.97. The van der Waals surface area contributed by atoms with Crippen molar-refractivity contribution in [1.82, 2.24) is 5.01 Å². The van der Waals surface area contributed by atoms with Gasteiger partial charge in [-0.15, -0.1) is 0 Å². The molecule has 4 rings (SSSR count). The molecule has 1 aliphatic rings. The number of rotatable bonds is 5. The van der Waals surface area contributed by atoms with Crippen molar-refractivity contribution in [3.8, 4) is 11.5 Å². The molecular weight excluding hydrogens is 348 g/mol. The van der Waals surface area contributed by atoms with Crippen LogP contribution in [0.15, 0.2) is 68.9 Å². The van der Waals surface area contributed by atoms with Gasteiger partial charge in [0.2, 0.25) is 0 Å². The van der Waals surface area contributed by atoms with E-state index >= 15 is 0 Å². The van der Waals surface area contributed by atoms with Crippen LogP contribution in [-0.2, 0) is 0 Å². The van der Waals surface area contributed by atoms with Crippen molar-refractivity contribution in [3.05, 3.63) is 72.1 Å². The molecule has 1 atom stereocenters. The highest BCUT2D eigenvalue weighted by atomic mass is 16.5. The van der Waals surface area contributed by atoms with Crippen molar-refractivity contribution >= 4 is 11.6 Å². The zero-order valence-electron chi connectivity index (χ0n) is 14.9. The lowest BCUT2D eigenvalue weighted by Gasteiger charge is -2.18. The molecule has 1 aromatic carbocycles. The number of carbonyl (C=O) groups is 1. The van der Waals surface area contributed by atoms with Crippen molar-refractivity contribution in [2.45, 2.75) is 12.5 Å². The Morgan fingerprint density at radius 1 is 1.07 bits per heavy atom. The summed E-state index contributed by atoms with van der Waals surface area (Å²) in [4.78, 5) is 12.9. The lowest BCUT2D eigenvalue weighted by molar-refractivity contribution is 0.0660. The van der Waals surface area contributed by atoms with Gasteiger partial charge in [-0.3, -0.25) is 4.79 Å². The number of furan rings is 2. The minimum atomic E-state index is -0.347. The van der Waals surface area contributed by atoms with Crippen molar-refractivity contribution in [2.75, 3.05) is 14.2 Å². The van der Waals surface area contributed by atoms with Crippen molar-refractivity contribution in [1.29, 1.82) is 0 Å². The molecule has 0 aliphatic carbocycles. The molecule has 0 bridgehead atoms. The van der Waals surface area contributed by atoms with Crippen molar-refractivity contribution in [2.24, 2.45) is 5.10 Å². The molecule has 138 valence electrons. The zero-order chi connectivity index (χ0) is 18.8. The van der Waals surface area contributed by atoms with Gasteiger partial charge < -0.3 is 18.3 Å². The zero-order valence-corrected chi connectivity index (χ0v) is 14.9. The largest absolute Gasteiger partial charge is 0.493 e. The number of carbonyl (C=O) groups excluding carboxylic acids is 1. The van der Waals surface area contributed by atoms with E-state index in [1.165, 1.54) is 11.3 Å². The number of hydrogen-bond donors (Lipinski definition) is 0. The molecule has 27 heavy (non-hydrogen) atoms. The number of hydrogen-bond acceptors (Lipinski definition) is 6. The Kier molecular flexibility index (Phi) is 4.42. The van der Waals surface area contributed by atoms with Gasteiger partial charge in [-0.2, -0.15) is 5.10 Å². The lowest BCUT2D eigenvalue weighted by atomic mass is 10.0. The van der Waals surface area contributed by atoms with Crippen LogP contribution in [0.3, 0.4) is 0 Å². The highest BCUT2D eigenvalue weighted by Gasteiger charge is 2.36. The van der Waals surface area contributed by atoms with Crippen LogP contribution >= 0.6 is 0 Å². The molecule has 7 heteroatoms. The van der Waals surface area contributed by atoms with Crippen molar-refractivity contribution < 1.29 is 23.1 Å². The molecule has 0 saturated carbocycles. The van der Waals surface area contributed by atoms with Crippen molar-refractivity contribution in [3.63, 3.8) is 0 Å². The molecule has 0 fully saturated rings. The first-order chi connectivity index (χ1) is 13.2. The topological polar surface area (TPSA) is 77.4 Å². The third-order valence-corrected chi connectivity index (χ3v) is 4.44. The van der Waals surface area contributed by atoms with E-state index in [9.17, 15) is 4.79 Å². The molecule has 0 spiro atoms.